The number of nitro groups is 1. The normalized spacial score (nSPS) is 31.0. The molecular weight excluding hydrogens is 539 g/mol. The number of hydrazine groups is 1. The third-order valence-electron chi connectivity index (χ3n) is 10.6. The highest BCUT2D eigenvalue weighted by atomic mass is 16.7. The van der Waals surface area contributed by atoms with Gasteiger partial charge in [-0.05, 0) is 75.0 Å². The van der Waals surface area contributed by atoms with Crippen LogP contribution in [0.2, 0.25) is 0 Å². The lowest BCUT2D eigenvalue weighted by atomic mass is 9.43. The van der Waals surface area contributed by atoms with E-state index in [9.17, 15) is 19.7 Å². The van der Waals surface area contributed by atoms with E-state index in [1.54, 1.807) is 0 Å². The fourth-order valence-corrected chi connectivity index (χ4v) is 7.88. The Morgan fingerprint density at radius 2 is 1.81 bits per heavy atom. The molecule has 0 aromatic heterocycles. The molecule has 1 heterocycles. The van der Waals surface area contributed by atoms with Gasteiger partial charge in [-0.3, -0.25) is 9.59 Å². The van der Waals surface area contributed by atoms with Crippen LogP contribution < -0.4 is 21.8 Å². The van der Waals surface area contributed by atoms with Crippen LogP contribution in [-0.4, -0.2) is 60.2 Å². The average molecular weight is 591 g/mol. The summed E-state index contributed by atoms with van der Waals surface area (Å²) in [6.45, 7) is 13.2. The van der Waals surface area contributed by atoms with Crippen LogP contribution in [-0.2, 0) is 18.9 Å². The van der Waals surface area contributed by atoms with Crippen molar-refractivity contribution in [2.75, 3.05) is 6.54 Å². The number of guanidine groups is 1. The number of hydrogen-bond donors (Lipinski definition) is 4. The first-order chi connectivity index (χ1) is 19.7. The molecule has 13 heteroatoms. The van der Waals surface area contributed by atoms with Crippen molar-refractivity contribution < 1.29 is 23.9 Å². The molecule has 2 amide bonds. The summed E-state index contributed by atoms with van der Waals surface area (Å²) in [5.41, 5.74) is 6.67. The van der Waals surface area contributed by atoms with Crippen LogP contribution in [0.15, 0.2) is 4.99 Å². The third-order valence-corrected chi connectivity index (χ3v) is 10.6. The molecule has 5 aliphatic rings. The third kappa shape index (κ3) is 6.87. The van der Waals surface area contributed by atoms with Crippen molar-refractivity contribution in [3.63, 3.8) is 0 Å². The first-order valence-corrected chi connectivity index (χ1v) is 15.8. The van der Waals surface area contributed by atoms with Gasteiger partial charge in [-0.1, -0.05) is 59.3 Å². The zero-order chi connectivity index (χ0) is 30.9. The van der Waals surface area contributed by atoms with Crippen LogP contribution in [0.1, 0.15) is 106 Å². The SMILES string of the molecule is CC(C)C[C@H](NC(=O)[C@H](CCCN=C(N)N[N+](=O)[O-])NC(=O)C1(C)CCCCC1)B1O[C@@H]2C[C@H]3C[C@H](C3(C)C)[C@]2(C)O1. The largest absolute Gasteiger partial charge is 0.481 e. The average Bonchev–Trinajstić information content (AvgIpc) is 3.26. The van der Waals surface area contributed by atoms with Crippen molar-refractivity contribution in [3.8, 4) is 0 Å². The lowest BCUT2D eigenvalue weighted by Crippen LogP contribution is -2.65. The summed E-state index contributed by atoms with van der Waals surface area (Å²) in [6.07, 6.45) is 8.16. The van der Waals surface area contributed by atoms with Crippen molar-refractivity contribution in [1.82, 2.24) is 16.1 Å². The Labute approximate surface area is 250 Å². The minimum absolute atomic E-state index is 0.00341. The van der Waals surface area contributed by atoms with Crippen LogP contribution in [0.5, 0.6) is 0 Å². The van der Waals surface area contributed by atoms with Gasteiger partial charge in [-0.2, -0.15) is 0 Å². The highest BCUT2D eigenvalue weighted by Crippen LogP contribution is 2.65. The molecule has 0 aromatic rings. The summed E-state index contributed by atoms with van der Waals surface area (Å²) in [6, 6.07) is -0.795. The Bertz CT molecular complexity index is 1050. The predicted molar refractivity (Wildman–Crippen MR) is 160 cm³/mol. The number of aliphatic imine (C=N–C) groups is 1. The number of nitrogens with two attached hydrogens (primary N) is 1. The lowest BCUT2D eigenvalue weighted by molar-refractivity contribution is -0.525. The molecule has 1 aliphatic heterocycles. The summed E-state index contributed by atoms with van der Waals surface area (Å²) in [4.78, 5) is 41.9. The summed E-state index contributed by atoms with van der Waals surface area (Å²) in [7, 11) is -0.564. The van der Waals surface area contributed by atoms with E-state index >= 15 is 0 Å². The molecule has 4 aliphatic carbocycles. The first-order valence-electron chi connectivity index (χ1n) is 15.8. The van der Waals surface area contributed by atoms with Gasteiger partial charge in [0.2, 0.25) is 11.8 Å². The Morgan fingerprint density at radius 3 is 2.43 bits per heavy atom. The maximum Gasteiger partial charge on any atom is 0.481 e. The molecule has 5 N–H and O–H groups in total. The smallest absolute Gasteiger partial charge is 0.404 e. The lowest BCUT2D eigenvalue weighted by Gasteiger charge is -2.64. The molecule has 0 spiro atoms. The molecule has 0 aromatic carbocycles. The minimum Gasteiger partial charge on any atom is -0.404 e. The van der Waals surface area contributed by atoms with Gasteiger partial charge in [-0.15, -0.1) is 0 Å². The fourth-order valence-electron chi connectivity index (χ4n) is 7.88. The number of amides is 2. The van der Waals surface area contributed by atoms with Gasteiger partial charge in [0.25, 0.3) is 5.96 Å². The molecule has 5 fully saturated rings. The van der Waals surface area contributed by atoms with Crippen LogP contribution in [0, 0.1) is 38.7 Å². The molecule has 2 bridgehead atoms. The van der Waals surface area contributed by atoms with Gasteiger partial charge < -0.3 is 25.7 Å². The van der Waals surface area contributed by atoms with E-state index in [0.717, 1.165) is 44.9 Å². The summed E-state index contributed by atoms with van der Waals surface area (Å²) >= 11 is 0. The van der Waals surface area contributed by atoms with Gasteiger partial charge in [0.05, 0.1) is 17.6 Å². The number of rotatable bonds is 12. The van der Waals surface area contributed by atoms with Gasteiger partial charge in [0, 0.05) is 12.0 Å². The molecule has 0 unspecified atom stereocenters. The minimum atomic E-state index is -0.795. The maximum absolute atomic E-state index is 13.9. The van der Waals surface area contributed by atoms with Gasteiger partial charge >= 0.3 is 7.12 Å². The van der Waals surface area contributed by atoms with Crippen molar-refractivity contribution >= 4 is 24.9 Å². The van der Waals surface area contributed by atoms with Crippen LogP contribution in [0.4, 0.5) is 0 Å². The zero-order valence-electron chi connectivity index (χ0n) is 26.2. The van der Waals surface area contributed by atoms with E-state index < -0.39 is 23.6 Å². The van der Waals surface area contributed by atoms with Crippen LogP contribution in [0.3, 0.4) is 0 Å². The molecule has 42 heavy (non-hydrogen) atoms. The van der Waals surface area contributed by atoms with Crippen molar-refractivity contribution in [2.45, 2.75) is 129 Å². The van der Waals surface area contributed by atoms with Crippen molar-refractivity contribution in [1.29, 1.82) is 0 Å². The zero-order valence-corrected chi connectivity index (χ0v) is 26.2. The molecule has 4 saturated carbocycles. The Kier molecular flexibility index (Phi) is 9.81. The summed E-state index contributed by atoms with van der Waals surface area (Å²) in [5.74, 6) is 0.240. The second-order valence-corrected chi connectivity index (χ2v) is 14.5. The highest BCUT2D eigenvalue weighted by molar-refractivity contribution is 6.48. The number of carbonyl (C=O) groups excluding carboxylic acids is 2. The number of hydrogen-bond acceptors (Lipinski definition) is 7. The topological polar surface area (TPSA) is 170 Å². The Morgan fingerprint density at radius 1 is 1.12 bits per heavy atom. The monoisotopic (exact) mass is 590 g/mol. The second-order valence-electron chi connectivity index (χ2n) is 14.5. The van der Waals surface area contributed by atoms with E-state index in [0.29, 0.717) is 31.1 Å². The number of nitrogens with one attached hydrogen (secondary N) is 3. The van der Waals surface area contributed by atoms with Gasteiger partial charge in [0.1, 0.15) is 6.04 Å². The number of carbonyl (C=O) groups is 2. The van der Waals surface area contributed by atoms with E-state index in [1.165, 1.54) is 0 Å². The summed E-state index contributed by atoms with van der Waals surface area (Å²) < 4.78 is 13.3. The van der Waals surface area contributed by atoms with Gasteiger partial charge in [-0.25, -0.2) is 15.1 Å². The Balaban J connectivity index is 1.46. The van der Waals surface area contributed by atoms with Crippen molar-refractivity contribution in [2.24, 2.45) is 39.3 Å². The molecule has 236 valence electrons. The quantitative estimate of drug-likeness (QED) is 0.0671. The Hall–Kier alpha value is -2.41. The van der Waals surface area contributed by atoms with Gasteiger partial charge in [0.15, 0.2) is 5.03 Å². The molecule has 12 nitrogen and oxygen atoms in total. The molecule has 5 rings (SSSR count). The fraction of sp³-hybridized carbons (Fsp3) is 0.897. The van der Waals surface area contributed by atoms with E-state index in [4.69, 9.17) is 15.0 Å². The molecule has 0 radical (unpaired) electrons. The van der Waals surface area contributed by atoms with E-state index in [-0.39, 0.29) is 53.3 Å². The molecular formula is C29H51BN6O6. The summed E-state index contributed by atoms with van der Waals surface area (Å²) in [5, 5.41) is 16.1. The predicted octanol–water partition coefficient (Wildman–Crippen LogP) is 3.12. The van der Waals surface area contributed by atoms with E-state index in [1.807, 2.05) is 12.3 Å². The standard InChI is InChI=1S/C29H51BN6O6/c1-18(2)15-23(30-41-22-17-19-16-21(27(19,3)4)29(22,6)42-30)34-24(37)20(11-10-14-32-26(31)35-36(39)40)33-25(38)28(5)12-8-7-9-13-28/h18-23H,7-17H2,1-6H3,(H,33,38)(H,34,37)(H3,31,32,35)/t19-,20+,21-,22-,23+,29+/m1/s1. The second kappa shape index (κ2) is 12.7. The molecule has 6 atom stereocenters. The van der Waals surface area contributed by atoms with Crippen molar-refractivity contribution in [3.05, 3.63) is 10.1 Å². The highest BCUT2D eigenvalue weighted by Gasteiger charge is 2.68. The maximum atomic E-state index is 13.9. The van der Waals surface area contributed by atoms with E-state index in [2.05, 4.69) is 50.2 Å². The van der Waals surface area contributed by atoms with Crippen LogP contribution in [0.25, 0.3) is 0 Å². The molecule has 1 saturated heterocycles. The first kappa shape index (κ1) is 32.5. The number of nitrogens with zero attached hydrogens (tertiary/aromatic N) is 2. The van der Waals surface area contributed by atoms with Crippen LogP contribution >= 0.6 is 0 Å².